The minimum Gasteiger partial charge on any atom is -0.466 e. The molecule has 2 N–H and O–H groups in total. The van der Waals surface area contributed by atoms with Crippen molar-refractivity contribution in [2.75, 3.05) is 19.8 Å². The van der Waals surface area contributed by atoms with Gasteiger partial charge in [-0.05, 0) is 50.3 Å². The van der Waals surface area contributed by atoms with Gasteiger partial charge in [-0.1, -0.05) is 54.6 Å². The number of hydrogen-bond acceptors (Lipinski definition) is 5. The number of rotatable bonds is 11. The van der Waals surface area contributed by atoms with Gasteiger partial charge >= 0.3 is 12.1 Å². The first-order chi connectivity index (χ1) is 14.8. The Balaban J connectivity index is 1.77. The molecule has 0 aromatic heterocycles. The molecule has 2 aromatic rings. The first-order valence-electron chi connectivity index (χ1n) is 10.7. The molecule has 1 atom stereocenters. The van der Waals surface area contributed by atoms with Gasteiger partial charge in [0.25, 0.3) is 0 Å². The van der Waals surface area contributed by atoms with Crippen molar-refractivity contribution in [1.29, 1.82) is 0 Å². The molecule has 0 radical (unpaired) electrons. The number of aliphatic hydroxyl groups excluding tert-OH is 1. The Morgan fingerprint density at radius 3 is 2.29 bits per heavy atom. The predicted molar refractivity (Wildman–Crippen MR) is 121 cm³/mol. The second-order valence-corrected chi connectivity index (χ2v) is 8.09. The summed E-state index contributed by atoms with van der Waals surface area (Å²) in [6.45, 7) is 5.85. The molecule has 6 heteroatoms. The molecule has 0 bridgehead atoms. The Morgan fingerprint density at radius 1 is 1.03 bits per heavy atom. The molecule has 0 saturated heterocycles. The smallest absolute Gasteiger partial charge is 0.407 e. The SMILES string of the molecule is CCOC(=O)[C@H](CO)CCCNC(=O)OC(C)(C)Cc1ccc(-c2ccccc2)cc1. The van der Waals surface area contributed by atoms with Gasteiger partial charge in [-0.3, -0.25) is 4.79 Å². The summed E-state index contributed by atoms with van der Waals surface area (Å²) < 4.78 is 10.5. The zero-order valence-corrected chi connectivity index (χ0v) is 18.6. The van der Waals surface area contributed by atoms with E-state index in [0.717, 1.165) is 16.7 Å². The maximum absolute atomic E-state index is 12.2. The first-order valence-corrected chi connectivity index (χ1v) is 10.7. The molecule has 0 aliphatic rings. The summed E-state index contributed by atoms with van der Waals surface area (Å²) >= 11 is 0. The number of nitrogens with one attached hydrogen (secondary N) is 1. The van der Waals surface area contributed by atoms with Crippen molar-refractivity contribution in [2.45, 2.75) is 45.6 Å². The molecule has 168 valence electrons. The van der Waals surface area contributed by atoms with E-state index in [4.69, 9.17) is 9.47 Å². The molecule has 6 nitrogen and oxygen atoms in total. The molecule has 0 heterocycles. The highest BCUT2D eigenvalue weighted by Crippen LogP contribution is 2.22. The fourth-order valence-electron chi connectivity index (χ4n) is 3.34. The molecule has 0 aliphatic carbocycles. The van der Waals surface area contributed by atoms with Crippen molar-refractivity contribution >= 4 is 12.1 Å². The molecule has 2 aromatic carbocycles. The normalized spacial score (nSPS) is 12.1. The highest BCUT2D eigenvalue weighted by molar-refractivity contribution is 5.72. The lowest BCUT2D eigenvalue weighted by atomic mass is 9.96. The molecule has 0 fully saturated rings. The molecule has 1 amide bonds. The van der Waals surface area contributed by atoms with Crippen LogP contribution in [0.5, 0.6) is 0 Å². The quantitative estimate of drug-likeness (QED) is 0.411. The topological polar surface area (TPSA) is 84.9 Å². The van der Waals surface area contributed by atoms with E-state index in [1.54, 1.807) is 6.92 Å². The number of carbonyl (C=O) groups is 2. The van der Waals surface area contributed by atoms with Crippen molar-refractivity contribution in [3.05, 3.63) is 60.2 Å². The van der Waals surface area contributed by atoms with E-state index >= 15 is 0 Å². The van der Waals surface area contributed by atoms with E-state index in [0.29, 0.717) is 25.8 Å². The standard InChI is InChI=1S/C25H33NO5/c1-4-30-23(28)22(18-27)11-8-16-26-24(29)31-25(2,3)17-19-12-14-21(15-13-19)20-9-6-5-7-10-20/h5-7,9-10,12-15,22,27H,4,8,11,16-18H2,1-3H3,(H,26,29)/t22-/m0/s1. The van der Waals surface area contributed by atoms with E-state index in [1.807, 2.05) is 32.0 Å². The lowest BCUT2D eigenvalue weighted by Gasteiger charge is -2.25. The van der Waals surface area contributed by atoms with Crippen LogP contribution in [0.4, 0.5) is 4.79 Å². The van der Waals surface area contributed by atoms with Crippen LogP contribution in [-0.2, 0) is 20.7 Å². The summed E-state index contributed by atoms with van der Waals surface area (Å²) in [5, 5.41) is 12.0. The second kappa shape index (κ2) is 12.1. The highest BCUT2D eigenvalue weighted by Gasteiger charge is 2.24. The van der Waals surface area contributed by atoms with Crippen molar-refractivity contribution in [3.8, 4) is 11.1 Å². The largest absolute Gasteiger partial charge is 0.466 e. The second-order valence-electron chi connectivity index (χ2n) is 8.09. The number of hydrogen-bond donors (Lipinski definition) is 2. The van der Waals surface area contributed by atoms with Crippen LogP contribution in [0.15, 0.2) is 54.6 Å². The number of alkyl carbamates (subject to hydrolysis) is 1. The highest BCUT2D eigenvalue weighted by atomic mass is 16.6. The number of esters is 1. The van der Waals surface area contributed by atoms with Gasteiger partial charge in [0, 0.05) is 13.0 Å². The van der Waals surface area contributed by atoms with Gasteiger partial charge in [-0.25, -0.2) is 4.79 Å². The van der Waals surface area contributed by atoms with Gasteiger partial charge in [-0.15, -0.1) is 0 Å². The third-order valence-corrected chi connectivity index (χ3v) is 4.90. The van der Waals surface area contributed by atoms with Gasteiger partial charge < -0.3 is 19.9 Å². The third kappa shape index (κ3) is 8.42. The molecule has 2 rings (SSSR count). The van der Waals surface area contributed by atoms with Gasteiger partial charge in [-0.2, -0.15) is 0 Å². The molecule has 0 aliphatic heterocycles. The van der Waals surface area contributed by atoms with E-state index in [1.165, 1.54) is 0 Å². The number of ether oxygens (including phenoxy) is 2. The lowest BCUT2D eigenvalue weighted by molar-refractivity contribution is -0.149. The lowest BCUT2D eigenvalue weighted by Crippen LogP contribution is -2.36. The van der Waals surface area contributed by atoms with E-state index in [9.17, 15) is 14.7 Å². The summed E-state index contributed by atoms with van der Waals surface area (Å²) in [5.41, 5.74) is 2.72. The summed E-state index contributed by atoms with van der Waals surface area (Å²) in [7, 11) is 0. The van der Waals surface area contributed by atoms with Crippen molar-refractivity contribution < 1.29 is 24.2 Å². The molecule has 0 saturated carbocycles. The Labute approximate surface area is 184 Å². The van der Waals surface area contributed by atoms with Gasteiger partial charge in [0.15, 0.2) is 0 Å². The summed E-state index contributed by atoms with van der Waals surface area (Å²) in [6, 6.07) is 18.4. The van der Waals surface area contributed by atoms with Crippen LogP contribution in [0, 0.1) is 5.92 Å². The minimum atomic E-state index is -0.670. The van der Waals surface area contributed by atoms with E-state index < -0.39 is 23.6 Å². The molecule has 31 heavy (non-hydrogen) atoms. The summed E-state index contributed by atoms with van der Waals surface area (Å²) in [4.78, 5) is 23.8. The van der Waals surface area contributed by atoms with Crippen LogP contribution in [0.1, 0.15) is 39.2 Å². The van der Waals surface area contributed by atoms with E-state index in [2.05, 4.69) is 41.7 Å². The fourth-order valence-corrected chi connectivity index (χ4v) is 3.34. The molecular weight excluding hydrogens is 394 g/mol. The number of aliphatic hydroxyl groups is 1. The maximum atomic E-state index is 12.2. The maximum Gasteiger partial charge on any atom is 0.407 e. The third-order valence-electron chi connectivity index (χ3n) is 4.90. The van der Waals surface area contributed by atoms with Crippen LogP contribution in [0.3, 0.4) is 0 Å². The Hall–Kier alpha value is -2.86. The monoisotopic (exact) mass is 427 g/mol. The predicted octanol–water partition coefficient (Wildman–Crippen LogP) is 4.35. The fraction of sp³-hybridized carbons (Fsp3) is 0.440. The average Bonchev–Trinajstić information content (AvgIpc) is 2.74. The number of benzene rings is 2. The molecular formula is C25H33NO5. The number of amides is 1. The first kappa shape index (κ1) is 24.4. The van der Waals surface area contributed by atoms with Crippen molar-refractivity contribution in [3.63, 3.8) is 0 Å². The van der Waals surface area contributed by atoms with Crippen LogP contribution >= 0.6 is 0 Å². The zero-order valence-electron chi connectivity index (χ0n) is 18.6. The summed E-state index contributed by atoms with van der Waals surface area (Å²) in [6.07, 6.45) is 1.07. The van der Waals surface area contributed by atoms with Crippen LogP contribution in [0.25, 0.3) is 11.1 Å². The average molecular weight is 428 g/mol. The van der Waals surface area contributed by atoms with Gasteiger partial charge in [0.2, 0.25) is 0 Å². The summed E-state index contributed by atoms with van der Waals surface area (Å²) in [5.74, 6) is -0.972. The minimum absolute atomic E-state index is 0.265. The van der Waals surface area contributed by atoms with E-state index in [-0.39, 0.29) is 13.2 Å². The Kier molecular flexibility index (Phi) is 9.53. The molecule has 0 unspecified atom stereocenters. The van der Waals surface area contributed by atoms with Gasteiger partial charge in [0.05, 0.1) is 19.1 Å². The van der Waals surface area contributed by atoms with Crippen molar-refractivity contribution in [1.82, 2.24) is 5.32 Å². The van der Waals surface area contributed by atoms with Crippen LogP contribution in [0.2, 0.25) is 0 Å². The number of carbonyl (C=O) groups excluding carboxylic acids is 2. The Morgan fingerprint density at radius 2 is 1.68 bits per heavy atom. The van der Waals surface area contributed by atoms with Crippen LogP contribution in [-0.4, -0.2) is 42.5 Å². The van der Waals surface area contributed by atoms with Crippen molar-refractivity contribution in [2.24, 2.45) is 5.92 Å². The molecule has 0 spiro atoms. The van der Waals surface area contributed by atoms with Crippen LogP contribution < -0.4 is 5.32 Å². The van der Waals surface area contributed by atoms with Gasteiger partial charge in [0.1, 0.15) is 5.60 Å². The Bertz CT molecular complexity index is 818. The zero-order chi connectivity index (χ0) is 22.7.